The first-order valence-corrected chi connectivity index (χ1v) is 6.28. The van der Waals surface area contributed by atoms with Crippen LogP contribution < -0.4 is 0 Å². The average molecular weight is 213 g/mol. The van der Waals surface area contributed by atoms with Gasteiger partial charge >= 0.3 is 0 Å². The van der Waals surface area contributed by atoms with Gasteiger partial charge in [0.25, 0.3) is 0 Å². The van der Waals surface area contributed by atoms with Crippen molar-refractivity contribution in [3.8, 4) is 0 Å². The molecule has 0 aromatic rings. The van der Waals surface area contributed by atoms with Crippen LogP contribution in [0.3, 0.4) is 0 Å². The van der Waals surface area contributed by atoms with Crippen LogP contribution in [0.2, 0.25) is 0 Å². The molecule has 0 aromatic heterocycles. The molecule has 0 unspecified atom stereocenters. The number of hydrogen-bond acceptors (Lipinski definition) is 3. The van der Waals surface area contributed by atoms with E-state index < -0.39 is 14.3 Å². The van der Waals surface area contributed by atoms with Crippen molar-refractivity contribution in [3.05, 3.63) is 0 Å². The standard InChI is InChI=1S/C7H13ClO3S/c1-3-11-5-7(2)4-6(7)12(8,9)10/h6H,3-5H2,1-2H3/t6-,7+/m0/s1. The van der Waals surface area contributed by atoms with E-state index >= 15 is 0 Å². The summed E-state index contributed by atoms with van der Waals surface area (Å²) in [6.45, 7) is 4.87. The van der Waals surface area contributed by atoms with Crippen LogP contribution in [0, 0.1) is 5.41 Å². The summed E-state index contributed by atoms with van der Waals surface area (Å²) in [5.74, 6) is 0. The van der Waals surface area contributed by atoms with Gasteiger partial charge < -0.3 is 4.74 Å². The summed E-state index contributed by atoms with van der Waals surface area (Å²) < 4.78 is 26.9. The highest BCUT2D eigenvalue weighted by molar-refractivity contribution is 8.14. The largest absolute Gasteiger partial charge is 0.381 e. The van der Waals surface area contributed by atoms with Crippen molar-refractivity contribution in [2.24, 2.45) is 5.41 Å². The third kappa shape index (κ3) is 2.12. The molecule has 2 atom stereocenters. The molecule has 3 nitrogen and oxygen atoms in total. The second-order valence-electron chi connectivity index (χ2n) is 3.46. The lowest BCUT2D eigenvalue weighted by Crippen LogP contribution is -2.14. The number of halogens is 1. The Morgan fingerprint density at radius 1 is 1.67 bits per heavy atom. The first-order valence-electron chi connectivity index (χ1n) is 3.91. The van der Waals surface area contributed by atoms with E-state index in [9.17, 15) is 8.42 Å². The molecule has 0 amide bonds. The predicted octanol–water partition coefficient (Wildman–Crippen LogP) is 1.37. The molecule has 0 aliphatic heterocycles. The summed E-state index contributed by atoms with van der Waals surface area (Å²) in [7, 11) is 1.84. The maximum absolute atomic E-state index is 10.9. The quantitative estimate of drug-likeness (QED) is 0.662. The van der Waals surface area contributed by atoms with Gasteiger partial charge in [-0.15, -0.1) is 0 Å². The van der Waals surface area contributed by atoms with Crippen LogP contribution in [-0.2, 0) is 13.8 Å². The highest BCUT2D eigenvalue weighted by Crippen LogP contribution is 2.51. The first-order chi connectivity index (χ1) is 5.40. The van der Waals surface area contributed by atoms with Gasteiger partial charge in [0.2, 0.25) is 9.05 Å². The van der Waals surface area contributed by atoms with E-state index in [1.54, 1.807) is 0 Å². The second-order valence-corrected chi connectivity index (χ2v) is 6.27. The van der Waals surface area contributed by atoms with Crippen LogP contribution in [0.15, 0.2) is 0 Å². The summed E-state index contributed by atoms with van der Waals surface area (Å²) in [5, 5.41) is -0.404. The molecule has 0 bridgehead atoms. The Morgan fingerprint density at radius 2 is 2.25 bits per heavy atom. The molecule has 0 N–H and O–H groups in total. The fourth-order valence-corrected chi connectivity index (χ4v) is 3.45. The van der Waals surface area contributed by atoms with Gasteiger partial charge in [-0.05, 0) is 13.3 Å². The zero-order chi connectivity index (χ0) is 9.41. The smallest absolute Gasteiger partial charge is 0.236 e. The fraction of sp³-hybridized carbons (Fsp3) is 1.00. The third-order valence-electron chi connectivity index (χ3n) is 2.24. The van der Waals surface area contributed by atoms with E-state index in [1.807, 2.05) is 13.8 Å². The van der Waals surface area contributed by atoms with Gasteiger partial charge in [0.15, 0.2) is 0 Å². The molecule has 0 saturated heterocycles. The van der Waals surface area contributed by atoms with Crippen molar-refractivity contribution in [1.82, 2.24) is 0 Å². The van der Waals surface area contributed by atoms with Gasteiger partial charge in [0.05, 0.1) is 11.9 Å². The molecule has 1 aliphatic carbocycles. The average Bonchev–Trinajstić information content (AvgIpc) is 2.59. The van der Waals surface area contributed by atoms with E-state index in [2.05, 4.69) is 0 Å². The summed E-state index contributed by atoms with van der Waals surface area (Å²) in [4.78, 5) is 0. The number of ether oxygens (including phenoxy) is 1. The van der Waals surface area contributed by atoms with Crippen molar-refractivity contribution >= 4 is 19.7 Å². The molecular weight excluding hydrogens is 200 g/mol. The maximum Gasteiger partial charge on any atom is 0.236 e. The van der Waals surface area contributed by atoms with Crippen LogP contribution in [0.4, 0.5) is 0 Å². The Labute approximate surface area is 77.5 Å². The Bertz CT molecular complexity index is 262. The van der Waals surface area contributed by atoms with Gasteiger partial charge in [-0.2, -0.15) is 0 Å². The maximum atomic E-state index is 10.9. The second kappa shape index (κ2) is 3.16. The van der Waals surface area contributed by atoms with Crippen LogP contribution in [0.1, 0.15) is 20.3 Å². The molecule has 0 heterocycles. The zero-order valence-corrected chi connectivity index (χ0v) is 8.78. The number of hydrogen-bond donors (Lipinski definition) is 0. The van der Waals surface area contributed by atoms with Crippen molar-refractivity contribution < 1.29 is 13.2 Å². The molecular formula is C7H13ClO3S. The minimum absolute atomic E-state index is 0.239. The minimum atomic E-state index is -3.38. The summed E-state index contributed by atoms with van der Waals surface area (Å²) >= 11 is 0. The normalized spacial score (nSPS) is 35.1. The van der Waals surface area contributed by atoms with Gasteiger partial charge in [0.1, 0.15) is 0 Å². The molecule has 1 aliphatic rings. The van der Waals surface area contributed by atoms with Gasteiger partial charge in [-0.1, -0.05) is 6.92 Å². The monoisotopic (exact) mass is 212 g/mol. The molecule has 0 radical (unpaired) electrons. The first kappa shape index (κ1) is 10.3. The Balaban J connectivity index is 2.49. The third-order valence-corrected chi connectivity index (χ3v) is 4.31. The van der Waals surface area contributed by atoms with E-state index in [4.69, 9.17) is 15.4 Å². The van der Waals surface area contributed by atoms with Crippen LogP contribution in [0.5, 0.6) is 0 Å². The fourth-order valence-electron chi connectivity index (χ4n) is 1.29. The van der Waals surface area contributed by atoms with E-state index in [0.717, 1.165) is 0 Å². The minimum Gasteiger partial charge on any atom is -0.381 e. The molecule has 12 heavy (non-hydrogen) atoms. The van der Waals surface area contributed by atoms with E-state index in [1.165, 1.54) is 0 Å². The lowest BCUT2D eigenvalue weighted by atomic mass is 10.2. The van der Waals surface area contributed by atoms with Crippen molar-refractivity contribution in [2.75, 3.05) is 13.2 Å². The number of rotatable bonds is 4. The van der Waals surface area contributed by atoms with Crippen molar-refractivity contribution in [1.29, 1.82) is 0 Å². The Hall–Kier alpha value is 0.200. The lowest BCUT2D eigenvalue weighted by Gasteiger charge is -2.08. The van der Waals surface area contributed by atoms with E-state index in [0.29, 0.717) is 19.6 Å². The highest BCUT2D eigenvalue weighted by Gasteiger charge is 2.57. The SMILES string of the molecule is CCOC[C@@]1(C)C[C@@H]1S(=O)(=O)Cl. The zero-order valence-electron chi connectivity index (χ0n) is 7.21. The van der Waals surface area contributed by atoms with E-state index in [-0.39, 0.29) is 5.41 Å². The molecule has 72 valence electrons. The Morgan fingerprint density at radius 3 is 2.58 bits per heavy atom. The van der Waals surface area contributed by atoms with Crippen molar-refractivity contribution in [2.45, 2.75) is 25.5 Å². The van der Waals surface area contributed by atoms with Crippen LogP contribution >= 0.6 is 10.7 Å². The van der Waals surface area contributed by atoms with Crippen LogP contribution in [-0.4, -0.2) is 26.9 Å². The predicted molar refractivity (Wildman–Crippen MR) is 47.8 cm³/mol. The summed E-state index contributed by atoms with van der Waals surface area (Å²) in [6.07, 6.45) is 0.624. The lowest BCUT2D eigenvalue weighted by molar-refractivity contribution is 0.108. The summed E-state index contributed by atoms with van der Waals surface area (Å²) in [6, 6.07) is 0. The molecule has 1 rings (SSSR count). The Kier molecular flexibility index (Phi) is 2.71. The molecule has 5 heteroatoms. The van der Waals surface area contributed by atoms with Gasteiger partial charge in [0, 0.05) is 22.7 Å². The summed E-state index contributed by atoms with van der Waals surface area (Å²) in [5.41, 5.74) is -0.239. The van der Waals surface area contributed by atoms with Crippen molar-refractivity contribution in [3.63, 3.8) is 0 Å². The van der Waals surface area contributed by atoms with Crippen LogP contribution in [0.25, 0.3) is 0 Å². The van der Waals surface area contributed by atoms with Gasteiger partial charge in [-0.3, -0.25) is 0 Å². The molecule has 1 fully saturated rings. The highest BCUT2D eigenvalue weighted by atomic mass is 35.7. The topological polar surface area (TPSA) is 43.4 Å². The molecule has 1 saturated carbocycles. The molecule has 0 aromatic carbocycles. The van der Waals surface area contributed by atoms with Gasteiger partial charge in [-0.25, -0.2) is 8.42 Å². The molecule has 0 spiro atoms.